The maximum absolute atomic E-state index is 11.6. The van der Waals surface area contributed by atoms with Crippen LogP contribution in [0.1, 0.15) is 29.3 Å². The minimum absolute atomic E-state index is 0.0492. The predicted molar refractivity (Wildman–Crippen MR) is 50.6 cm³/mol. The molecule has 1 aliphatic carbocycles. The van der Waals surface area contributed by atoms with Crippen molar-refractivity contribution in [1.29, 1.82) is 0 Å². The van der Waals surface area contributed by atoms with Gasteiger partial charge in [-0.1, -0.05) is 6.92 Å². The third-order valence-electron chi connectivity index (χ3n) is 2.62. The Morgan fingerprint density at radius 3 is 2.77 bits per heavy atom. The van der Waals surface area contributed by atoms with Crippen LogP contribution in [0.15, 0.2) is 12.4 Å². The summed E-state index contributed by atoms with van der Waals surface area (Å²) in [5.41, 5.74) is 1.77. The number of carbonyl (C=O) groups is 1. The number of H-pyrrole nitrogens is 1. The fourth-order valence-electron chi connectivity index (χ4n) is 1.46. The number of aromatic nitrogens is 1. The van der Waals surface area contributed by atoms with Crippen LogP contribution < -0.4 is 5.32 Å². The summed E-state index contributed by atoms with van der Waals surface area (Å²) >= 11 is 0. The van der Waals surface area contributed by atoms with Gasteiger partial charge >= 0.3 is 0 Å². The van der Waals surface area contributed by atoms with E-state index in [-0.39, 0.29) is 5.91 Å². The van der Waals surface area contributed by atoms with Gasteiger partial charge in [0.2, 0.25) is 0 Å². The lowest BCUT2D eigenvalue weighted by molar-refractivity contribution is 0.0949. The lowest BCUT2D eigenvalue weighted by Crippen LogP contribution is -2.26. The van der Waals surface area contributed by atoms with Crippen molar-refractivity contribution in [2.75, 3.05) is 0 Å². The highest BCUT2D eigenvalue weighted by atomic mass is 16.1. The zero-order valence-corrected chi connectivity index (χ0v) is 7.92. The Morgan fingerprint density at radius 2 is 2.31 bits per heavy atom. The Labute approximate surface area is 77.5 Å². The zero-order valence-electron chi connectivity index (χ0n) is 7.92. The van der Waals surface area contributed by atoms with Crippen molar-refractivity contribution in [2.45, 2.75) is 26.3 Å². The Bertz CT molecular complexity index is 329. The van der Waals surface area contributed by atoms with Gasteiger partial charge in [-0.2, -0.15) is 0 Å². The molecule has 1 amide bonds. The molecular formula is C10H14N2O. The van der Waals surface area contributed by atoms with Crippen molar-refractivity contribution >= 4 is 5.91 Å². The second kappa shape index (κ2) is 2.91. The average Bonchev–Trinajstić information content (AvgIpc) is 2.62. The molecule has 1 aromatic heterocycles. The summed E-state index contributed by atoms with van der Waals surface area (Å²) in [5, 5.41) is 2.99. The van der Waals surface area contributed by atoms with Gasteiger partial charge in [0, 0.05) is 18.4 Å². The Balaban J connectivity index is 2.01. The standard InChI is InChI=1S/C10H14N2O/c1-6-3-9(6)12-10(13)8-5-11-4-7(8)2/h4-6,9,11H,3H2,1-2H3,(H,12,13)/t6-,9-/m1/s1. The lowest BCUT2D eigenvalue weighted by Gasteiger charge is -2.01. The van der Waals surface area contributed by atoms with Gasteiger partial charge in [-0.15, -0.1) is 0 Å². The van der Waals surface area contributed by atoms with E-state index in [0.29, 0.717) is 12.0 Å². The van der Waals surface area contributed by atoms with Crippen molar-refractivity contribution in [3.05, 3.63) is 23.5 Å². The second-order valence-corrected chi connectivity index (χ2v) is 3.84. The molecule has 0 aromatic carbocycles. The van der Waals surface area contributed by atoms with Gasteiger partial charge in [0.05, 0.1) is 5.56 Å². The van der Waals surface area contributed by atoms with Crippen molar-refractivity contribution in [3.63, 3.8) is 0 Å². The first-order valence-corrected chi connectivity index (χ1v) is 4.62. The molecule has 0 radical (unpaired) electrons. The molecule has 0 saturated heterocycles. The average molecular weight is 178 g/mol. The van der Waals surface area contributed by atoms with E-state index >= 15 is 0 Å². The van der Waals surface area contributed by atoms with E-state index in [1.165, 1.54) is 0 Å². The van der Waals surface area contributed by atoms with Crippen LogP contribution in [0.25, 0.3) is 0 Å². The second-order valence-electron chi connectivity index (χ2n) is 3.84. The third kappa shape index (κ3) is 1.59. The fourth-order valence-corrected chi connectivity index (χ4v) is 1.46. The Morgan fingerprint density at radius 1 is 1.62 bits per heavy atom. The molecule has 0 spiro atoms. The molecule has 1 aliphatic rings. The van der Waals surface area contributed by atoms with Crippen LogP contribution >= 0.6 is 0 Å². The van der Waals surface area contributed by atoms with E-state index in [9.17, 15) is 4.79 Å². The first kappa shape index (κ1) is 8.35. The molecule has 1 saturated carbocycles. The van der Waals surface area contributed by atoms with Gasteiger partial charge in [0.1, 0.15) is 0 Å². The molecule has 13 heavy (non-hydrogen) atoms. The van der Waals surface area contributed by atoms with Crippen LogP contribution in [-0.2, 0) is 0 Å². The van der Waals surface area contributed by atoms with E-state index in [2.05, 4.69) is 17.2 Å². The van der Waals surface area contributed by atoms with Gasteiger partial charge in [-0.3, -0.25) is 4.79 Å². The van der Waals surface area contributed by atoms with Gasteiger partial charge in [0.25, 0.3) is 5.91 Å². The van der Waals surface area contributed by atoms with Crippen LogP contribution in [0.4, 0.5) is 0 Å². The fraction of sp³-hybridized carbons (Fsp3) is 0.500. The van der Waals surface area contributed by atoms with E-state index in [0.717, 1.165) is 17.5 Å². The summed E-state index contributed by atoms with van der Waals surface area (Å²) in [7, 11) is 0. The molecule has 2 atom stereocenters. The molecule has 1 heterocycles. The maximum Gasteiger partial charge on any atom is 0.253 e. The molecule has 0 aliphatic heterocycles. The minimum Gasteiger partial charge on any atom is -0.367 e. The van der Waals surface area contributed by atoms with Gasteiger partial charge in [-0.25, -0.2) is 0 Å². The number of aryl methyl sites for hydroxylation is 1. The molecule has 2 rings (SSSR count). The van der Waals surface area contributed by atoms with Crippen molar-refractivity contribution in [1.82, 2.24) is 10.3 Å². The summed E-state index contributed by atoms with van der Waals surface area (Å²) in [4.78, 5) is 14.5. The van der Waals surface area contributed by atoms with Crippen LogP contribution in [0.2, 0.25) is 0 Å². The third-order valence-corrected chi connectivity index (χ3v) is 2.62. The van der Waals surface area contributed by atoms with Crippen LogP contribution in [0, 0.1) is 12.8 Å². The monoisotopic (exact) mass is 178 g/mol. The van der Waals surface area contributed by atoms with E-state index < -0.39 is 0 Å². The molecule has 3 nitrogen and oxygen atoms in total. The number of carbonyl (C=O) groups excluding carboxylic acids is 1. The predicted octanol–water partition coefficient (Wildman–Crippen LogP) is 1.46. The normalized spacial score (nSPS) is 25.7. The molecule has 70 valence electrons. The van der Waals surface area contributed by atoms with Crippen LogP contribution in [0.3, 0.4) is 0 Å². The van der Waals surface area contributed by atoms with Crippen LogP contribution in [0.5, 0.6) is 0 Å². The first-order chi connectivity index (χ1) is 6.18. The van der Waals surface area contributed by atoms with Crippen LogP contribution in [-0.4, -0.2) is 16.9 Å². The summed E-state index contributed by atoms with van der Waals surface area (Å²) in [5.74, 6) is 0.705. The van der Waals surface area contributed by atoms with Gasteiger partial charge in [-0.05, 0) is 24.8 Å². The summed E-state index contributed by atoms with van der Waals surface area (Å²) < 4.78 is 0. The Kier molecular flexibility index (Phi) is 1.87. The molecule has 1 fully saturated rings. The van der Waals surface area contributed by atoms with Crippen molar-refractivity contribution in [3.8, 4) is 0 Å². The SMILES string of the molecule is Cc1c[nH]cc1C(=O)N[C@@H]1C[C@H]1C. The molecule has 3 heteroatoms. The molecule has 1 aromatic rings. The van der Waals surface area contributed by atoms with E-state index in [1.807, 2.05) is 13.1 Å². The van der Waals surface area contributed by atoms with Gasteiger partial charge < -0.3 is 10.3 Å². The first-order valence-electron chi connectivity index (χ1n) is 4.62. The summed E-state index contributed by atoms with van der Waals surface area (Å²) in [6.07, 6.45) is 4.71. The maximum atomic E-state index is 11.6. The van der Waals surface area contributed by atoms with Crippen molar-refractivity contribution < 1.29 is 4.79 Å². The summed E-state index contributed by atoms with van der Waals surface area (Å²) in [6, 6.07) is 0.404. The number of hydrogen-bond acceptors (Lipinski definition) is 1. The number of hydrogen-bond donors (Lipinski definition) is 2. The number of nitrogens with one attached hydrogen (secondary N) is 2. The summed E-state index contributed by atoms with van der Waals surface area (Å²) in [6.45, 7) is 4.08. The van der Waals surface area contributed by atoms with E-state index in [1.54, 1.807) is 6.20 Å². The molecule has 2 N–H and O–H groups in total. The smallest absolute Gasteiger partial charge is 0.253 e. The number of amides is 1. The molecular weight excluding hydrogens is 164 g/mol. The Hall–Kier alpha value is -1.25. The minimum atomic E-state index is 0.0492. The molecule has 0 unspecified atom stereocenters. The molecule has 0 bridgehead atoms. The topological polar surface area (TPSA) is 44.9 Å². The zero-order chi connectivity index (χ0) is 9.42. The lowest BCUT2D eigenvalue weighted by atomic mass is 10.2. The number of rotatable bonds is 2. The van der Waals surface area contributed by atoms with E-state index in [4.69, 9.17) is 0 Å². The highest BCUT2D eigenvalue weighted by Crippen LogP contribution is 2.29. The number of aromatic amines is 1. The van der Waals surface area contributed by atoms with Gasteiger partial charge in [0.15, 0.2) is 0 Å². The quantitative estimate of drug-likeness (QED) is 0.707. The largest absolute Gasteiger partial charge is 0.367 e. The van der Waals surface area contributed by atoms with Crippen molar-refractivity contribution in [2.24, 2.45) is 5.92 Å². The highest BCUT2D eigenvalue weighted by Gasteiger charge is 2.34. The highest BCUT2D eigenvalue weighted by molar-refractivity contribution is 5.95.